The Morgan fingerprint density at radius 2 is 1.46 bits per heavy atom. The Kier molecular flexibility index (Phi) is 4.97. The maximum Gasteiger partial charge on any atom is 0.416 e. The maximum atomic E-state index is 13.0. The van der Waals surface area contributed by atoms with Crippen LogP contribution in [0.2, 0.25) is 0 Å². The van der Waals surface area contributed by atoms with Crippen LogP contribution in [0.4, 0.5) is 26.3 Å². The summed E-state index contributed by atoms with van der Waals surface area (Å²) in [6, 6.07) is 1.79. The molecule has 1 unspecified atom stereocenters. The quantitative estimate of drug-likeness (QED) is 0.525. The Labute approximate surface area is 136 Å². The van der Waals surface area contributed by atoms with Gasteiger partial charge in [0.1, 0.15) is 0 Å². The molecule has 0 saturated heterocycles. The van der Waals surface area contributed by atoms with Crippen molar-refractivity contribution in [2.75, 3.05) is 0 Å². The average Bonchev–Trinajstić information content (AvgIpc) is 2.45. The molecule has 1 aliphatic rings. The predicted octanol–water partition coefficient (Wildman–Crippen LogP) is 6.66. The lowest BCUT2D eigenvalue weighted by Crippen LogP contribution is -2.20. The number of hydrogen-bond acceptors (Lipinski definition) is 0. The zero-order valence-electron chi connectivity index (χ0n) is 13.1. The summed E-state index contributed by atoms with van der Waals surface area (Å²) >= 11 is 0. The molecule has 0 aliphatic heterocycles. The molecule has 0 N–H and O–H groups in total. The van der Waals surface area contributed by atoms with Crippen molar-refractivity contribution < 1.29 is 26.3 Å². The van der Waals surface area contributed by atoms with Crippen LogP contribution in [0.1, 0.15) is 42.9 Å². The van der Waals surface area contributed by atoms with Gasteiger partial charge in [-0.05, 0) is 55.2 Å². The minimum absolute atomic E-state index is 0.0403. The van der Waals surface area contributed by atoms with Gasteiger partial charge in [-0.1, -0.05) is 24.3 Å². The highest BCUT2D eigenvalue weighted by atomic mass is 19.4. The Balaban J connectivity index is 2.54. The van der Waals surface area contributed by atoms with E-state index < -0.39 is 29.4 Å². The van der Waals surface area contributed by atoms with Crippen molar-refractivity contribution in [2.24, 2.45) is 0 Å². The molecule has 0 heterocycles. The van der Waals surface area contributed by atoms with Crippen molar-refractivity contribution in [3.63, 3.8) is 0 Å². The van der Waals surface area contributed by atoms with Crippen LogP contribution < -0.4 is 0 Å². The molecule has 0 spiro atoms. The molecule has 1 aliphatic carbocycles. The summed E-state index contributed by atoms with van der Waals surface area (Å²) < 4.78 is 77.8. The highest BCUT2D eigenvalue weighted by Gasteiger charge is 2.39. The lowest BCUT2D eigenvalue weighted by Gasteiger charge is -2.34. The lowest BCUT2D eigenvalue weighted by atomic mass is 9.70. The van der Waals surface area contributed by atoms with E-state index in [4.69, 9.17) is 0 Å². The van der Waals surface area contributed by atoms with Crippen molar-refractivity contribution >= 4 is 0 Å². The van der Waals surface area contributed by atoms with Gasteiger partial charge in [0.25, 0.3) is 0 Å². The van der Waals surface area contributed by atoms with Crippen LogP contribution in [-0.4, -0.2) is 0 Å². The first-order valence-electron chi connectivity index (χ1n) is 7.35. The Morgan fingerprint density at radius 3 is 1.88 bits per heavy atom. The lowest BCUT2D eigenvalue weighted by molar-refractivity contribution is -0.143. The summed E-state index contributed by atoms with van der Waals surface area (Å²) in [7, 11) is 0. The minimum atomic E-state index is -4.82. The van der Waals surface area contributed by atoms with E-state index in [0.29, 0.717) is 6.42 Å². The van der Waals surface area contributed by atoms with E-state index in [1.165, 1.54) is 0 Å². The average molecular weight is 346 g/mol. The van der Waals surface area contributed by atoms with Crippen LogP contribution in [0.5, 0.6) is 0 Å². The highest BCUT2D eigenvalue weighted by Crippen LogP contribution is 2.48. The third-order valence-corrected chi connectivity index (χ3v) is 4.00. The van der Waals surface area contributed by atoms with Gasteiger partial charge in [0.2, 0.25) is 0 Å². The van der Waals surface area contributed by atoms with Gasteiger partial charge in [-0.3, -0.25) is 0 Å². The van der Waals surface area contributed by atoms with E-state index >= 15 is 0 Å². The molecule has 1 fully saturated rings. The molecule has 24 heavy (non-hydrogen) atoms. The zero-order chi connectivity index (χ0) is 18.1. The molecular formula is C18H16F6. The van der Waals surface area contributed by atoms with Gasteiger partial charge in [-0.15, -0.1) is 0 Å². The number of benzene rings is 1. The second kappa shape index (κ2) is 6.49. The number of hydrogen-bond donors (Lipinski definition) is 0. The van der Waals surface area contributed by atoms with Crippen molar-refractivity contribution in [2.45, 2.75) is 38.5 Å². The molecule has 0 radical (unpaired) electrons. The second-order valence-corrected chi connectivity index (χ2v) is 5.56. The number of allylic oxidation sites excluding steroid dienone is 6. The Hall–Kier alpha value is -1.98. The van der Waals surface area contributed by atoms with E-state index in [9.17, 15) is 26.3 Å². The summed E-state index contributed by atoms with van der Waals surface area (Å²) in [6.45, 7) is 3.58. The van der Waals surface area contributed by atoms with Crippen LogP contribution in [-0.2, 0) is 12.4 Å². The van der Waals surface area contributed by atoms with Gasteiger partial charge >= 0.3 is 12.4 Å². The summed E-state index contributed by atoms with van der Waals surface area (Å²) in [5, 5.41) is 0. The highest BCUT2D eigenvalue weighted by molar-refractivity contribution is 5.53. The van der Waals surface area contributed by atoms with Gasteiger partial charge < -0.3 is 0 Å². The van der Waals surface area contributed by atoms with E-state index in [-0.39, 0.29) is 11.6 Å². The zero-order valence-corrected chi connectivity index (χ0v) is 13.1. The van der Waals surface area contributed by atoms with Crippen LogP contribution in [0.15, 0.2) is 53.6 Å². The fourth-order valence-corrected chi connectivity index (χ4v) is 2.73. The minimum Gasteiger partial charge on any atom is -0.166 e. The normalized spacial score (nSPS) is 22.4. The van der Waals surface area contributed by atoms with Gasteiger partial charge in [0, 0.05) is 5.92 Å². The number of halogens is 6. The molecule has 2 rings (SSSR count). The molecule has 1 saturated carbocycles. The van der Waals surface area contributed by atoms with Crippen molar-refractivity contribution in [3.8, 4) is 0 Å². The van der Waals surface area contributed by atoms with Crippen LogP contribution in [0.3, 0.4) is 0 Å². The third kappa shape index (κ3) is 3.74. The molecule has 1 aromatic carbocycles. The molecule has 1 atom stereocenters. The molecule has 6 heteroatoms. The Morgan fingerprint density at radius 1 is 0.917 bits per heavy atom. The summed E-state index contributed by atoms with van der Waals surface area (Å²) in [5.74, 6) is -0.462. The summed E-state index contributed by atoms with van der Waals surface area (Å²) in [6.07, 6.45) is -2.18. The van der Waals surface area contributed by atoms with Crippen LogP contribution >= 0.6 is 0 Å². The molecule has 0 aromatic heterocycles. The van der Waals surface area contributed by atoms with Crippen molar-refractivity contribution in [1.29, 1.82) is 0 Å². The van der Waals surface area contributed by atoms with Crippen LogP contribution in [0, 0.1) is 0 Å². The molecule has 0 amide bonds. The van der Waals surface area contributed by atoms with E-state index in [2.05, 4.69) is 0 Å². The molecule has 130 valence electrons. The molecule has 0 bridgehead atoms. The first-order valence-corrected chi connectivity index (χ1v) is 7.35. The monoisotopic (exact) mass is 346 g/mol. The molecular weight excluding hydrogens is 330 g/mol. The van der Waals surface area contributed by atoms with Crippen molar-refractivity contribution in [3.05, 3.63) is 70.3 Å². The van der Waals surface area contributed by atoms with E-state index in [1.807, 2.05) is 6.08 Å². The topological polar surface area (TPSA) is 0 Å². The fraction of sp³-hybridized carbons (Fsp3) is 0.333. The number of alkyl halides is 6. The molecule has 1 aromatic rings. The Bertz CT molecular complexity index is 669. The first kappa shape index (κ1) is 18.4. The molecule has 0 nitrogen and oxygen atoms in total. The predicted molar refractivity (Wildman–Crippen MR) is 80.5 cm³/mol. The van der Waals surface area contributed by atoms with Gasteiger partial charge in [0.05, 0.1) is 11.1 Å². The smallest absolute Gasteiger partial charge is 0.166 e. The largest absolute Gasteiger partial charge is 0.416 e. The fourth-order valence-electron chi connectivity index (χ4n) is 2.73. The number of rotatable bonds is 2. The maximum absolute atomic E-state index is 13.0. The van der Waals surface area contributed by atoms with Gasteiger partial charge in [-0.25, -0.2) is 0 Å². The van der Waals surface area contributed by atoms with Gasteiger partial charge in [-0.2, -0.15) is 26.3 Å². The third-order valence-electron chi connectivity index (χ3n) is 4.00. The standard InChI is InChI=1S/C18H16F6/c1-3-5-6-15-11(4-2)9-16(15)12-7-13(17(19,20)21)10-14(8-12)18(22,23)24/h3-8,10,16H,9H2,1-2H3/b5-3-,11-4-,15-6+. The van der Waals surface area contributed by atoms with Crippen LogP contribution in [0.25, 0.3) is 0 Å². The van der Waals surface area contributed by atoms with E-state index in [1.54, 1.807) is 32.1 Å². The summed E-state index contributed by atoms with van der Waals surface area (Å²) in [5.41, 5.74) is -0.816. The van der Waals surface area contributed by atoms with Gasteiger partial charge in [0.15, 0.2) is 0 Å². The summed E-state index contributed by atoms with van der Waals surface area (Å²) in [4.78, 5) is 0. The SMILES string of the molecule is C\C=C/C=C1\C(=C/C)CC1c1cc(C(F)(F)F)cc(C(F)(F)F)c1. The van der Waals surface area contributed by atoms with E-state index in [0.717, 1.165) is 23.3 Å². The van der Waals surface area contributed by atoms with Crippen molar-refractivity contribution in [1.82, 2.24) is 0 Å². The first-order chi connectivity index (χ1) is 11.1. The second-order valence-electron chi connectivity index (χ2n) is 5.56.